The first-order chi connectivity index (χ1) is 14.8. The molecule has 4 rings (SSSR count). The summed E-state index contributed by atoms with van der Waals surface area (Å²) in [5.41, 5.74) is 0.960. The minimum atomic E-state index is -4.42. The van der Waals surface area contributed by atoms with Crippen molar-refractivity contribution in [1.29, 1.82) is 0 Å². The lowest BCUT2D eigenvalue weighted by Gasteiger charge is -2.54. The summed E-state index contributed by atoms with van der Waals surface area (Å²) in [5, 5.41) is 3.24. The number of halogens is 3. The fraction of sp³-hybridized carbons (Fsp3) is 0.480. The van der Waals surface area contributed by atoms with Crippen LogP contribution in [0.25, 0.3) is 0 Å². The Kier molecular flexibility index (Phi) is 6.11. The van der Waals surface area contributed by atoms with Gasteiger partial charge in [0.15, 0.2) is 0 Å². The fourth-order valence-corrected chi connectivity index (χ4v) is 5.16. The molecular formula is C25H29F3N2O. The first-order valence-corrected chi connectivity index (χ1v) is 11.2. The van der Waals surface area contributed by atoms with Gasteiger partial charge in [0.2, 0.25) is 0 Å². The second-order valence-corrected chi connectivity index (χ2v) is 8.69. The van der Waals surface area contributed by atoms with Gasteiger partial charge in [0.25, 0.3) is 5.91 Å². The number of rotatable bonds is 6. The lowest BCUT2D eigenvalue weighted by Crippen LogP contribution is -2.60. The van der Waals surface area contributed by atoms with Crippen LogP contribution in [0.15, 0.2) is 48.5 Å². The van der Waals surface area contributed by atoms with E-state index in [9.17, 15) is 18.0 Å². The summed E-state index contributed by atoms with van der Waals surface area (Å²) < 4.78 is 39.4. The molecule has 1 aliphatic heterocycles. The first kappa shape index (κ1) is 21.9. The average molecular weight is 431 g/mol. The van der Waals surface area contributed by atoms with E-state index in [0.717, 1.165) is 62.9 Å². The van der Waals surface area contributed by atoms with Crippen LogP contribution in [0, 0.1) is 0 Å². The largest absolute Gasteiger partial charge is 0.416 e. The number of aryl methyl sites for hydroxylation is 1. The Labute approximate surface area is 181 Å². The zero-order valence-corrected chi connectivity index (χ0v) is 17.8. The maximum atomic E-state index is 13.4. The van der Waals surface area contributed by atoms with Crippen molar-refractivity contribution in [3.63, 3.8) is 0 Å². The second kappa shape index (κ2) is 8.65. The Balaban J connectivity index is 1.67. The van der Waals surface area contributed by atoms with Crippen LogP contribution in [0.4, 0.5) is 13.2 Å². The normalized spacial score (nSPS) is 19.6. The number of amides is 1. The molecule has 1 amide bonds. The maximum absolute atomic E-state index is 13.4. The zero-order valence-electron chi connectivity index (χ0n) is 17.8. The molecule has 1 N–H and O–H groups in total. The molecule has 6 heteroatoms. The van der Waals surface area contributed by atoms with Gasteiger partial charge in [-0.1, -0.05) is 37.3 Å². The molecule has 0 aromatic heterocycles. The van der Waals surface area contributed by atoms with E-state index >= 15 is 0 Å². The smallest absolute Gasteiger partial charge is 0.343 e. The van der Waals surface area contributed by atoms with Gasteiger partial charge in [-0.05, 0) is 80.9 Å². The monoisotopic (exact) mass is 430 g/mol. The highest BCUT2D eigenvalue weighted by Gasteiger charge is 2.50. The number of hydrogen-bond acceptors (Lipinski definition) is 2. The molecule has 1 unspecified atom stereocenters. The quantitative estimate of drug-likeness (QED) is 0.632. The molecule has 2 aliphatic rings. The summed E-state index contributed by atoms with van der Waals surface area (Å²) in [5.74, 6) is -0.301. The van der Waals surface area contributed by atoms with Gasteiger partial charge in [-0.15, -0.1) is 0 Å². The van der Waals surface area contributed by atoms with Crippen molar-refractivity contribution < 1.29 is 18.0 Å². The van der Waals surface area contributed by atoms with Gasteiger partial charge in [-0.2, -0.15) is 13.2 Å². The lowest BCUT2D eigenvalue weighted by molar-refractivity contribution is -0.137. The third-order valence-corrected chi connectivity index (χ3v) is 6.96. The van der Waals surface area contributed by atoms with Crippen LogP contribution in [0.1, 0.15) is 72.1 Å². The van der Waals surface area contributed by atoms with Crippen molar-refractivity contribution in [3.8, 4) is 0 Å². The van der Waals surface area contributed by atoms with E-state index in [4.69, 9.17) is 0 Å². The fourth-order valence-electron chi connectivity index (χ4n) is 5.16. The van der Waals surface area contributed by atoms with E-state index in [2.05, 4.69) is 10.2 Å². The number of carbonyl (C=O) groups excluding carboxylic acids is 1. The number of carbonyl (C=O) groups is 1. The first-order valence-electron chi connectivity index (χ1n) is 11.2. The van der Waals surface area contributed by atoms with Gasteiger partial charge in [0.1, 0.15) is 0 Å². The van der Waals surface area contributed by atoms with Gasteiger partial charge in [0.05, 0.1) is 11.6 Å². The Morgan fingerprint density at radius 1 is 1.06 bits per heavy atom. The molecule has 0 bridgehead atoms. The van der Waals surface area contributed by atoms with Gasteiger partial charge < -0.3 is 5.32 Å². The van der Waals surface area contributed by atoms with E-state index in [0.29, 0.717) is 17.5 Å². The highest BCUT2D eigenvalue weighted by Crippen LogP contribution is 2.48. The summed E-state index contributed by atoms with van der Waals surface area (Å²) in [6.07, 6.45) is 1.42. The molecule has 31 heavy (non-hydrogen) atoms. The van der Waals surface area contributed by atoms with Gasteiger partial charge in [-0.3, -0.25) is 9.69 Å². The van der Waals surface area contributed by atoms with E-state index in [-0.39, 0.29) is 17.5 Å². The molecule has 1 saturated heterocycles. The van der Waals surface area contributed by atoms with Crippen LogP contribution < -0.4 is 5.32 Å². The van der Waals surface area contributed by atoms with E-state index in [1.165, 1.54) is 6.07 Å². The van der Waals surface area contributed by atoms with Crippen molar-refractivity contribution in [2.75, 3.05) is 13.1 Å². The topological polar surface area (TPSA) is 32.3 Å². The molecule has 0 spiro atoms. The molecule has 2 fully saturated rings. The predicted octanol–water partition coefficient (Wildman–Crippen LogP) is 5.76. The highest BCUT2D eigenvalue weighted by atomic mass is 19.4. The zero-order chi connectivity index (χ0) is 22.1. The minimum Gasteiger partial charge on any atom is -0.343 e. The van der Waals surface area contributed by atoms with Crippen LogP contribution in [0.5, 0.6) is 0 Å². The Morgan fingerprint density at radius 3 is 2.29 bits per heavy atom. The van der Waals surface area contributed by atoms with E-state index in [1.54, 1.807) is 6.92 Å². The molecule has 0 radical (unpaired) electrons. The Bertz CT molecular complexity index is 916. The molecule has 1 atom stereocenters. The van der Waals surface area contributed by atoms with Crippen molar-refractivity contribution in [1.82, 2.24) is 10.2 Å². The Hall–Kier alpha value is -2.34. The molecule has 2 aromatic rings. The standard InChI is InChI=1S/C25H29F3N2O/c1-2-18-17-20(25(26,27)28)11-12-21(18)23(31)29-22(19-9-4-3-5-10-19)24(13-8-14-24)30-15-6-7-16-30/h3-5,9-12,17,22H,2,6-8,13-16H2,1H3,(H,29,31). The second-order valence-electron chi connectivity index (χ2n) is 8.69. The molecule has 1 aliphatic carbocycles. The minimum absolute atomic E-state index is 0.119. The van der Waals surface area contributed by atoms with Gasteiger partial charge in [-0.25, -0.2) is 0 Å². The lowest BCUT2D eigenvalue weighted by atomic mass is 9.68. The van der Waals surface area contributed by atoms with E-state index in [1.807, 2.05) is 30.3 Å². The summed E-state index contributed by atoms with van der Waals surface area (Å²) in [6, 6.07) is 13.2. The third kappa shape index (κ3) is 4.22. The van der Waals surface area contributed by atoms with Crippen LogP contribution >= 0.6 is 0 Å². The molecule has 166 valence electrons. The predicted molar refractivity (Wildman–Crippen MR) is 115 cm³/mol. The summed E-state index contributed by atoms with van der Waals surface area (Å²) in [6.45, 7) is 3.83. The van der Waals surface area contributed by atoms with E-state index < -0.39 is 11.7 Å². The molecule has 2 aromatic carbocycles. The number of benzene rings is 2. The molecule has 1 saturated carbocycles. The van der Waals surface area contributed by atoms with Gasteiger partial charge in [0, 0.05) is 11.1 Å². The number of likely N-dealkylation sites (tertiary alicyclic amines) is 1. The summed E-state index contributed by atoms with van der Waals surface area (Å²) in [7, 11) is 0. The SMILES string of the molecule is CCc1cc(C(F)(F)F)ccc1C(=O)NC(c1ccccc1)C1(N2CCCC2)CCC1. The molecular weight excluding hydrogens is 401 g/mol. The highest BCUT2D eigenvalue weighted by molar-refractivity contribution is 5.96. The molecule has 3 nitrogen and oxygen atoms in total. The van der Waals surface area contributed by atoms with Crippen molar-refractivity contribution in [3.05, 3.63) is 70.8 Å². The molecule has 1 heterocycles. The van der Waals surface area contributed by atoms with Crippen LogP contribution in [-0.4, -0.2) is 29.4 Å². The van der Waals surface area contributed by atoms with Crippen molar-refractivity contribution in [2.45, 2.75) is 63.2 Å². The van der Waals surface area contributed by atoms with Gasteiger partial charge >= 0.3 is 6.18 Å². The maximum Gasteiger partial charge on any atom is 0.416 e. The number of nitrogens with zero attached hydrogens (tertiary/aromatic N) is 1. The number of hydrogen-bond donors (Lipinski definition) is 1. The summed E-state index contributed by atoms with van der Waals surface area (Å²) in [4.78, 5) is 15.9. The van der Waals surface area contributed by atoms with Crippen LogP contribution in [0.2, 0.25) is 0 Å². The van der Waals surface area contributed by atoms with Crippen LogP contribution in [-0.2, 0) is 12.6 Å². The Morgan fingerprint density at radius 2 is 1.74 bits per heavy atom. The third-order valence-electron chi connectivity index (χ3n) is 6.96. The van der Waals surface area contributed by atoms with Crippen molar-refractivity contribution >= 4 is 5.91 Å². The number of nitrogens with one attached hydrogen (secondary N) is 1. The summed E-state index contributed by atoms with van der Waals surface area (Å²) >= 11 is 0. The van der Waals surface area contributed by atoms with Crippen LogP contribution in [0.3, 0.4) is 0 Å². The van der Waals surface area contributed by atoms with Crippen molar-refractivity contribution in [2.24, 2.45) is 0 Å². The number of alkyl halides is 3. The average Bonchev–Trinajstić information content (AvgIpc) is 3.26.